The van der Waals surface area contributed by atoms with Gasteiger partial charge in [0, 0.05) is 11.8 Å². The normalized spacial score (nSPS) is 11.2. The Morgan fingerprint density at radius 2 is 1.92 bits per heavy atom. The molecule has 0 fully saturated rings. The third kappa shape index (κ3) is 2.61. The summed E-state index contributed by atoms with van der Waals surface area (Å²) in [5, 5.41) is 2.93. The molecular formula is C17H9F2N3O2S2. The van der Waals surface area contributed by atoms with Crippen LogP contribution in [0.15, 0.2) is 47.3 Å². The SMILES string of the molecule is O=C(Nc1ccc(F)c(F)c1)c1sc(=S)n2c1[nH]c(=O)c1ccccc12. The lowest BCUT2D eigenvalue weighted by atomic mass is 10.2. The number of hydrogen-bond donors (Lipinski definition) is 2. The van der Waals surface area contributed by atoms with Crippen LogP contribution in [0, 0.1) is 15.6 Å². The molecule has 4 rings (SSSR count). The maximum atomic E-state index is 13.3. The van der Waals surface area contributed by atoms with E-state index in [4.69, 9.17) is 12.2 Å². The van der Waals surface area contributed by atoms with Gasteiger partial charge in [-0.25, -0.2) is 8.78 Å². The molecule has 0 aliphatic rings. The molecule has 2 aromatic heterocycles. The van der Waals surface area contributed by atoms with Crippen molar-refractivity contribution in [3.63, 3.8) is 0 Å². The van der Waals surface area contributed by atoms with Crippen LogP contribution < -0.4 is 10.9 Å². The lowest BCUT2D eigenvalue weighted by Gasteiger charge is -2.05. The number of nitrogens with one attached hydrogen (secondary N) is 2. The highest BCUT2D eigenvalue weighted by Gasteiger charge is 2.18. The molecule has 0 saturated heterocycles. The van der Waals surface area contributed by atoms with Crippen molar-refractivity contribution in [3.8, 4) is 0 Å². The Bertz CT molecular complexity index is 1310. The number of anilines is 1. The van der Waals surface area contributed by atoms with Gasteiger partial charge in [-0.15, -0.1) is 0 Å². The number of carbonyl (C=O) groups excluding carboxylic acids is 1. The van der Waals surface area contributed by atoms with Gasteiger partial charge in [0.2, 0.25) is 0 Å². The molecule has 0 aliphatic heterocycles. The topological polar surface area (TPSA) is 66.4 Å². The van der Waals surface area contributed by atoms with Crippen molar-refractivity contribution in [1.29, 1.82) is 0 Å². The van der Waals surface area contributed by atoms with E-state index >= 15 is 0 Å². The lowest BCUT2D eigenvalue weighted by molar-refractivity contribution is 0.103. The van der Waals surface area contributed by atoms with Crippen LogP contribution in [0.1, 0.15) is 9.67 Å². The summed E-state index contributed by atoms with van der Waals surface area (Å²) in [4.78, 5) is 27.7. The van der Waals surface area contributed by atoms with E-state index in [1.165, 1.54) is 6.07 Å². The molecular weight excluding hydrogens is 380 g/mol. The molecule has 0 aliphatic carbocycles. The van der Waals surface area contributed by atoms with E-state index in [1.807, 2.05) is 0 Å². The minimum atomic E-state index is -1.07. The molecule has 0 radical (unpaired) electrons. The molecule has 2 heterocycles. The average molecular weight is 389 g/mol. The van der Waals surface area contributed by atoms with E-state index in [-0.39, 0.29) is 21.8 Å². The molecule has 4 aromatic rings. The molecule has 1 amide bonds. The predicted molar refractivity (Wildman–Crippen MR) is 98.5 cm³/mol. The molecule has 0 bridgehead atoms. The van der Waals surface area contributed by atoms with E-state index in [1.54, 1.807) is 28.7 Å². The van der Waals surface area contributed by atoms with Gasteiger partial charge >= 0.3 is 0 Å². The number of nitrogens with zero attached hydrogens (tertiary/aromatic N) is 1. The quantitative estimate of drug-likeness (QED) is 0.507. The number of aromatic amines is 1. The Morgan fingerprint density at radius 3 is 2.69 bits per heavy atom. The number of H-pyrrole nitrogens is 1. The number of thiazole rings is 1. The summed E-state index contributed by atoms with van der Waals surface area (Å²) in [6.07, 6.45) is 0. The Labute approximate surface area is 153 Å². The number of hydrogen-bond acceptors (Lipinski definition) is 4. The Hall–Kier alpha value is -2.91. The monoisotopic (exact) mass is 389 g/mol. The van der Waals surface area contributed by atoms with Crippen molar-refractivity contribution in [2.24, 2.45) is 0 Å². The zero-order chi connectivity index (χ0) is 18.4. The van der Waals surface area contributed by atoms with Crippen LogP contribution in [0.5, 0.6) is 0 Å². The molecule has 2 N–H and O–H groups in total. The van der Waals surface area contributed by atoms with Gasteiger partial charge in [-0.05, 0) is 36.5 Å². The second kappa shape index (κ2) is 6.11. The first-order chi connectivity index (χ1) is 12.5. The van der Waals surface area contributed by atoms with Gasteiger partial charge in [0.25, 0.3) is 11.5 Å². The molecule has 0 atom stereocenters. The van der Waals surface area contributed by atoms with E-state index < -0.39 is 17.5 Å². The van der Waals surface area contributed by atoms with Crippen LogP contribution in [0.2, 0.25) is 0 Å². The third-order valence-electron chi connectivity index (χ3n) is 3.82. The molecule has 9 heteroatoms. The Morgan fingerprint density at radius 1 is 1.15 bits per heavy atom. The smallest absolute Gasteiger partial charge is 0.269 e. The first-order valence-corrected chi connectivity index (χ1v) is 8.61. The van der Waals surface area contributed by atoms with E-state index in [9.17, 15) is 18.4 Å². The fourth-order valence-electron chi connectivity index (χ4n) is 2.66. The molecule has 130 valence electrons. The zero-order valence-electron chi connectivity index (χ0n) is 12.9. The second-order valence-electron chi connectivity index (χ2n) is 5.44. The van der Waals surface area contributed by atoms with Gasteiger partial charge in [-0.1, -0.05) is 23.5 Å². The summed E-state index contributed by atoms with van der Waals surface area (Å²) in [6, 6.07) is 9.93. The van der Waals surface area contributed by atoms with Gasteiger partial charge in [-0.2, -0.15) is 0 Å². The van der Waals surface area contributed by atoms with Gasteiger partial charge in [0.1, 0.15) is 10.5 Å². The third-order valence-corrected chi connectivity index (χ3v) is 5.19. The van der Waals surface area contributed by atoms with Crippen molar-refractivity contribution in [1.82, 2.24) is 9.38 Å². The van der Waals surface area contributed by atoms with Gasteiger partial charge in [-0.3, -0.25) is 14.0 Å². The standard InChI is InChI=1S/C17H9F2N3O2S2/c18-10-6-5-8(7-11(10)19)20-16(24)13-14-21-15(23)9-3-1-2-4-12(9)22(14)17(25)26-13/h1-7H,(H,20,24)(H,21,23). The first-order valence-electron chi connectivity index (χ1n) is 7.38. The van der Waals surface area contributed by atoms with E-state index in [0.29, 0.717) is 14.9 Å². The summed E-state index contributed by atoms with van der Waals surface area (Å²) < 4.78 is 28.3. The number of benzene rings is 2. The summed E-state index contributed by atoms with van der Waals surface area (Å²) in [5.74, 6) is -2.67. The van der Waals surface area contributed by atoms with Crippen LogP contribution in [-0.4, -0.2) is 15.3 Å². The Balaban J connectivity index is 1.86. The van der Waals surface area contributed by atoms with Crippen molar-refractivity contribution in [2.75, 3.05) is 5.32 Å². The fraction of sp³-hybridized carbons (Fsp3) is 0. The van der Waals surface area contributed by atoms with Crippen LogP contribution >= 0.6 is 23.6 Å². The largest absolute Gasteiger partial charge is 0.321 e. The number of amides is 1. The number of halogens is 2. The average Bonchev–Trinajstić information content (AvgIpc) is 2.95. The lowest BCUT2D eigenvalue weighted by Crippen LogP contribution is -2.15. The number of para-hydroxylation sites is 1. The number of rotatable bonds is 2. The second-order valence-corrected chi connectivity index (χ2v) is 7.08. The van der Waals surface area contributed by atoms with Gasteiger partial charge in [0.05, 0.1) is 10.9 Å². The summed E-state index contributed by atoms with van der Waals surface area (Å²) in [5.41, 5.74) is 0.577. The van der Waals surface area contributed by atoms with Crippen LogP contribution in [0.25, 0.3) is 16.6 Å². The molecule has 26 heavy (non-hydrogen) atoms. The van der Waals surface area contributed by atoms with Crippen LogP contribution in [0.4, 0.5) is 14.5 Å². The van der Waals surface area contributed by atoms with Crippen LogP contribution in [-0.2, 0) is 0 Å². The van der Waals surface area contributed by atoms with Crippen molar-refractivity contribution in [3.05, 3.63) is 73.3 Å². The maximum Gasteiger partial charge on any atom is 0.269 e. The molecule has 0 saturated carbocycles. The summed E-state index contributed by atoms with van der Waals surface area (Å²) in [7, 11) is 0. The first kappa shape index (κ1) is 16.6. The highest BCUT2D eigenvalue weighted by atomic mass is 32.1. The maximum absolute atomic E-state index is 13.3. The van der Waals surface area contributed by atoms with Crippen molar-refractivity contribution < 1.29 is 13.6 Å². The fourth-order valence-corrected chi connectivity index (χ4v) is 3.93. The minimum Gasteiger partial charge on any atom is -0.321 e. The van der Waals surface area contributed by atoms with Gasteiger partial charge < -0.3 is 10.3 Å². The Kier molecular flexibility index (Phi) is 3.89. The number of fused-ring (bicyclic) bond motifs is 3. The molecule has 0 unspecified atom stereocenters. The predicted octanol–water partition coefficient (Wildman–Crippen LogP) is 4.10. The summed E-state index contributed by atoms with van der Waals surface area (Å²) in [6.45, 7) is 0. The molecule has 5 nitrogen and oxygen atoms in total. The van der Waals surface area contributed by atoms with Crippen LogP contribution in [0.3, 0.4) is 0 Å². The van der Waals surface area contributed by atoms with E-state index in [2.05, 4.69) is 10.3 Å². The van der Waals surface area contributed by atoms with E-state index in [0.717, 1.165) is 23.5 Å². The molecule has 2 aromatic carbocycles. The zero-order valence-corrected chi connectivity index (χ0v) is 14.5. The molecule has 0 spiro atoms. The van der Waals surface area contributed by atoms with Crippen molar-refractivity contribution >= 4 is 51.7 Å². The number of aromatic nitrogens is 2. The number of carbonyl (C=O) groups is 1. The van der Waals surface area contributed by atoms with Crippen molar-refractivity contribution in [2.45, 2.75) is 0 Å². The highest BCUT2D eigenvalue weighted by molar-refractivity contribution is 7.73. The summed E-state index contributed by atoms with van der Waals surface area (Å²) >= 11 is 6.35. The minimum absolute atomic E-state index is 0.0921. The van der Waals surface area contributed by atoms with Gasteiger partial charge in [0.15, 0.2) is 15.6 Å². The highest BCUT2D eigenvalue weighted by Crippen LogP contribution is 2.24.